The van der Waals surface area contributed by atoms with E-state index in [1.54, 1.807) is 18.3 Å². The van der Waals surface area contributed by atoms with Gasteiger partial charge in [0.2, 0.25) is 0 Å². The first-order chi connectivity index (χ1) is 15.1. The first-order valence-corrected chi connectivity index (χ1v) is 10.5. The van der Waals surface area contributed by atoms with E-state index in [-0.39, 0.29) is 17.9 Å². The molecule has 0 saturated carbocycles. The molecule has 1 fully saturated rings. The van der Waals surface area contributed by atoms with Crippen molar-refractivity contribution in [3.8, 4) is 5.69 Å². The second-order valence-electron chi connectivity index (χ2n) is 7.56. The van der Waals surface area contributed by atoms with Gasteiger partial charge in [-0.25, -0.2) is 4.39 Å². The minimum atomic E-state index is -0.275. The summed E-state index contributed by atoms with van der Waals surface area (Å²) in [6.07, 6.45) is 3.86. The lowest BCUT2D eigenvalue weighted by molar-refractivity contribution is 0.549. The van der Waals surface area contributed by atoms with E-state index >= 15 is 0 Å². The van der Waals surface area contributed by atoms with E-state index < -0.39 is 0 Å². The SMILES string of the molecule is Cc1ccccc1-n1cccc1[C@@H]1[C@H](c2ccccn2)NC(=S)N1c1ccc(F)cc1. The van der Waals surface area contributed by atoms with Crippen LogP contribution in [-0.4, -0.2) is 14.7 Å². The van der Waals surface area contributed by atoms with Crippen LogP contribution in [-0.2, 0) is 0 Å². The Balaban J connectivity index is 1.68. The van der Waals surface area contributed by atoms with E-state index in [4.69, 9.17) is 12.2 Å². The van der Waals surface area contributed by atoms with E-state index in [0.717, 1.165) is 22.8 Å². The Labute approximate surface area is 186 Å². The molecule has 4 aromatic rings. The fourth-order valence-corrected chi connectivity index (χ4v) is 4.57. The van der Waals surface area contributed by atoms with Gasteiger partial charge in [-0.3, -0.25) is 4.98 Å². The summed E-state index contributed by atoms with van der Waals surface area (Å²) in [5, 5.41) is 4.04. The van der Waals surface area contributed by atoms with Crippen molar-refractivity contribution < 1.29 is 4.39 Å². The van der Waals surface area contributed by atoms with Gasteiger partial charge in [-0.15, -0.1) is 0 Å². The van der Waals surface area contributed by atoms with Crippen LogP contribution >= 0.6 is 12.2 Å². The predicted molar refractivity (Wildman–Crippen MR) is 125 cm³/mol. The van der Waals surface area contributed by atoms with Gasteiger partial charge in [-0.2, -0.15) is 0 Å². The molecule has 0 aliphatic carbocycles. The summed E-state index contributed by atoms with van der Waals surface area (Å²) in [6, 6.07) is 24.4. The number of nitrogens with one attached hydrogen (secondary N) is 1. The maximum absolute atomic E-state index is 13.6. The molecule has 0 amide bonds. The summed E-state index contributed by atoms with van der Waals surface area (Å²) in [4.78, 5) is 6.65. The van der Waals surface area contributed by atoms with E-state index in [0.29, 0.717) is 5.11 Å². The number of benzene rings is 2. The highest BCUT2D eigenvalue weighted by atomic mass is 32.1. The molecule has 1 N–H and O–H groups in total. The minimum Gasteiger partial charge on any atom is -0.351 e. The zero-order valence-corrected chi connectivity index (χ0v) is 17.8. The van der Waals surface area contributed by atoms with Crippen molar-refractivity contribution in [2.75, 3.05) is 4.90 Å². The van der Waals surface area contributed by atoms with Crippen molar-refractivity contribution in [3.63, 3.8) is 0 Å². The third kappa shape index (κ3) is 3.49. The topological polar surface area (TPSA) is 33.1 Å². The number of aromatic nitrogens is 2. The summed E-state index contributed by atoms with van der Waals surface area (Å²) in [7, 11) is 0. The number of hydrogen-bond acceptors (Lipinski definition) is 2. The van der Waals surface area contributed by atoms with Gasteiger partial charge >= 0.3 is 0 Å². The van der Waals surface area contributed by atoms with Gasteiger partial charge in [0.05, 0.1) is 11.7 Å². The number of halogens is 1. The molecule has 154 valence electrons. The van der Waals surface area contributed by atoms with E-state index in [2.05, 4.69) is 51.1 Å². The van der Waals surface area contributed by atoms with Crippen LogP contribution in [0.4, 0.5) is 10.1 Å². The summed E-state index contributed by atoms with van der Waals surface area (Å²) < 4.78 is 15.8. The van der Waals surface area contributed by atoms with Crippen molar-refractivity contribution in [3.05, 3.63) is 114 Å². The molecule has 0 radical (unpaired) electrons. The molecule has 4 nitrogen and oxygen atoms in total. The Morgan fingerprint density at radius 2 is 1.71 bits per heavy atom. The second-order valence-corrected chi connectivity index (χ2v) is 7.95. The van der Waals surface area contributed by atoms with Gasteiger partial charge in [0.15, 0.2) is 5.11 Å². The van der Waals surface area contributed by atoms with Gasteiger partial charge in [0.1, 0.15) is 11.9 Å². The summed E-state index contributed by atoms with van der Waals surface area (Å²) in [5.74, 6) is -0.275. The molecule has 5 rings (SSSR count). The molecule has 2 atom stereocenters. The number of thiocarbonyl (C=S) groups is 1. The molecule has 1 aliphatic heterocycles. The van der Waals surface area contributed by atoms with E-state index in [1.807, 2.05) is 36.4 Å². The van der Waals surface area contributed by atoms with E-state index in [9.17, 15) is 4.39 Å². The van der Waals surface area contributed by atoms with Crippen LogP contribution in [0.3, 0.4) is 0 Å². The molecule has 1 saturated heterocycles. The minimum absolute atomic E-state index is 0.156. The summed E-state index contributed by atoms with van der Waals surface area (Å²) in [6.45, 7) is 2.10. The normalized spacial score (nSPS) is 18.3. The lowest BCUT2D eigenvalue weighted by Crippen LogP contribution is -2.30. The average molecular weight is 429 g/mol. The number of pyridine rings is 1. The van der Waals surface area contributed by atoms with Crippen molar-refractivity contribution in [1.29, 1.82) is 0 Å². The largest absolute Gasteiger partial charge is 0.351 e. The standard InChI is InChI=1S/C25H21FN4S/c1-17-7-2-3-9-21(17)29-16-6-10-22(29)24-23(20-8-4-5-15-27-20)28-25(31)30(24)19-13-11-18(26)12-14-19/h2-16,23-24H,1H3,(H,28,31)/t23-,24+/m0/s1. The fraction of sp³-hybridized carbons (Fsp3) is 0.120. The first kappa shape index (κ1) is 19.5. The second kappa shape index (κ2) is 7.96. The average Bonchev–Trinajstić information content (AvgIpc) is 3.39. The van der Waals surface area contributed by atoms with Gasteiger partial charge in [-0.05, 0) is 79.3 Å². The van der Waals surface area contributed by atoms with Crippen LogP contribution in [0, 0.1) is 12.7 Å². The van der Waals surface area contributed by atoms with Gasteiger partial charge in [0, 0.05) is 29.5 Å². The number of anilines is 1. The van der Waals surface area contributed by atoms with Gasteiger partial charge in [-0.1, -0.05) is 24.3 Å². The van der Waals surface area contributed by atoms with Crippen molar-refractivity contribution in [1.82, 2.24) is 14.9 Å². The van der Waals surface area contributed by atoms with Crippen LogP contribution in [0.25, 0.3) is 5.69 Å². The number of hydrogen-bond donors (Lipinski definition) is 1. The molecule has 0 bridgehead atoms. The molecule has 6 heteroatoms. The van der Waals surface area contributed by atoms with E-state index in [1.165, 1.54) is 17.7 Å². The summed E-state index contributed by atoms with van der Waals surface area (Å²) in [5.41, 5.74) is 5.09. The number of rotatable bonds is 4. The lowest BCUT2D eigenvalue weighted by atomic mass is 10.0. The molecule has 1 aliphatic rings. The number of nitrogens with zero attached hydrogens (tertiary/aromatic N) is 3. The Morgan fingerprint density at radius 3 is 2.45 bits per heavy atom. The highest BCUT2D eigenvalue weighted by Gasteiger charge is 2.42. The quantitative estimate of drug-likeness (QED) is 0.435. The number of para-hydroxylation sites is 1. The smallest absolute Gasteiger partial charge is 0.174 e. The molecule has 0 unspecified atom stereocenters. The van der Waals surface area contributed by atoms with Crippen LogP contribution in [0.2, 0.25) is 0 Å². The maximum atomic E-state index is 13.6. The van der Waals surface area contributed by atoms with Crippen molar-refractivity contribution >= 4 is 23.0 Å². The number of aryl methyl sites for hydroxylation is 1. The first-order valence-electron chi connectivity index (χ1n) is 10.1. The third-order valence-corrected chi connectivity index (χ3v) is 5.98. The van der Waals surface area contributed by atoms with Gasteiger partial charge in [0.25, 0.3) is 0 Å². The highest BCUT2D eigenvalue weighted by Crippen LogP contribution is 2.42. The van der Waals surface area contributed by atoms with Gasteiger partial charge < -0.3 is 14.8 Å². The molecule has 2 aromatic heterocycles. The Kier molecular flexibility index (Phi) is 5.00. The van der Waals surface area contributed by atoms with Crippen LogP contribution in [0.5, 0.6) is 0 Å². The third-order valence-electron chi connectivity index (χ3n) is 5.66. The molecule has 3 heterocycles. The Bertz CT molecular complexity index is 1220. The zero-order chi connectivity index (χ0) is 21.4. The lowest BCUT2D eigenvalue weighted by Gasteiger charge is -2.29. The van der Waals surface area contributed by atoms with Crippen molar-refractivity contribution in [2.24, 2.45) is 0 Å². The summed E-state index contributed by atoms with van der Waals surface area (Å²) >= 11 is 5.75. The Hall–Kier alpha value is -3.51. The fourth-order valence-electron chi connectivity index (χ4n) is 4.22. The molecular formula is C25H21FN4S. The predicted octanol–water partition coefficient (Wildman–Crippen LogP) is 5.50. The molecule has 31 heavy (non-hydrogen) atoms. The maximum Gasteiger partial charge on any atom is 0.174 e. The monoisotopic (exact) mass is 428 g/mol. The molecular weight excluding hydrogens is 407 g/mol. The van der Waals surface area contributed by atoms with Crippen LogP contribution < -0.4 is 10.2 Å². The van der Waals surface area contributed by atoms with Crippen molar-refractivity contribution in [2.45, 2.75) is 19.0 Å². The molecule has 0 spiro atoms. The Morgan fingerprint density at radius 1 is 0.935 bits per heavy atom. The zero-order valence-electron chi connectivity index (χ0n) is 16.9. The van der Waals surface area contributed by atoms with Crippen LogP contribution in [0.1, 0.15) is 29.0 Å². The highest BCUT2D eigenvalue weighted by molar-refractivity contribution is 7.80. The van der Waals surface area contributed by atoms with Crippen LogP contribution in [0.15, 0.2) is 91.3 Å². The molecule has 2 aromatic carbocycles.